The van der Waals surface area contributed by atoms with Crippen molar-refractivity contribution < 1.29 is 34.8 Å². The summed E-state index contributed by atoms with van der Waals surface area (Å²) in [5.74, 6) is -1.76. The van der Waals surface area contributed by atoms with E-state index in [1.807, 2.05) is 6.07 Å². The van der Waals surface area contributed by atoms with Gasteiger partial charge in [0.15, 0.2) is 17.6 Å². The molecule has 1 aliphatic rings. The molecular weight excluding hydrogens is 306 g/mol. The van der Waals surface area contributed by atoms with Crippen molar-refractivity contribution in [3.05, 3.63) is 47.4 Å². The Morgan fingerprint density at radius 3 is 2.52 bits per heavy atom. The van der Waals surface area contributed by atoms with Crippen LogP contribution in [0, 0.1) is 0 Å². The van der Waals surface area contributed by atoms with Crippen LogP contribution in [-0.2, 0) is 16.0 Å². The van der Waals surface area contributed by atoms with E-state index in [-0.39, 0.29) is 6.54 Å². The third-order valence-electron chi connectivity index (χ3n) is 3.44. The Kier molecular flexibility index (Phi) is 5.20. The first-order valence-electron chi connectivity index (χ1n) is 6.93. The van der Waals surface area contributed by atoms with Crippen LogP contribution in [0.3, 0.4) is 0 Å². The van der Waals surface area contributed by atoms with Gasteiger partial charge in [0, 0.05) is 6.54 Å². The first-order chi connectivity index (χ1) is 11.0. The Hall–Kier alpha value is -2.58. The number of hydrogen-bond acceptors (Lipinski definition) is 6. The van der Waals surface area contributed by atoms with Gasteiger partial charge in [-0.05, 0) is 12.0 Å². The minimum absolute atomic E-state index is 0.0736. The standard InChI is InChI=1S/C15H17NO7/c17-8-10(18)13-12(19)11(14(20)23-13)16(15(21)22)7-6-9-4-2-1-3-5-9/h1-5,10,13,17-19H,6-8H2,(H,21,22). The van der Waals surface area contributed by atoms with Crippen molar-refractivity contribution in [2.45, 2.75) is 18.6 Å². The molecule has 23 heavy (non-hydrogen) atoms. The highest BCUT2D eigenvalue weighted by molar-refractivity contribution is 5.94. The molecule has 1 heterocycles. The number of carboxylic acid groups (broad SMARTS) is 1. The van der Waals surface area contributed by atoms with Crippen LogP contribution in [0.4, 0.5) is 4.79 Å². The number of aliphatic hydroxyl groups excluding tert-OH is 3. The van der Waals surface area contributed by atoms with Crippen LogP contribution in [0.5, 0.6) is 0 Å². The minimum atomic E-state index is -1.53. The maximum absolute atomic E-state index is 11.8. The van der Waals surface area contributed by atoms with E-state index in [0.717, 1.165) is 5.56 Å². The van der Waals surface area contributed by atoms with E-state index in [4.69, 9.17) is 9.84 Å². The molecule has 0 aliphatic carbocycles. The number of ether oxygens (including phenoxy) is 1. The number of benzene rings is 1. The first kappa shape index (κ1) is 16.8. The molecule has 1 aliphatic heterocycles. The maximum Gasteiger partial charge on any atom is 0.412 e. The second kappa shape index (κ2) is 7.12. The number of nitrogens with zero attached hydrogens (tertiary/aromatic N) is 1. The summed E-state index contributed by atoms with van der Waals surface area (Å²) in [4.78, 5) is 23.9. The normalized spacial score (nSPS) is 18.7. The molecule has 2 rings (SSSR count). The highest BCUT2D eigenvalue weighted by Crippen LogP contribution is 2.26. The van der Waals surface area contributed by atoms with E-state index < -0.39 is 42.3 Å². The summed E-state index contributed by atoms with van der Waals surface area (Å²) in [6.45, 7) is -0.817. The van der Waals surface area contributed by atoms with Crippen LogP contribution in [0.2, 0.25) is 0 Å². The lowest BCUT2D eigenvalue weighted by molar-refractivity contribution is -0.146. The van der Waals surface area contributed by atoms with E-state index in [1.54, 1.807) is 24.3 Å². The molecule has 1 aromatic rings. The molecule has 0 saturated heterocycles. The van der Waals surface area contributed by atoms with Gasteiger partial charge in [0.2, 0.25) is 0 Å². The molecule has 1 aromatic carbocycles. The molecule has 0 fully saturated rings. The summed E-state index contributed by atoms with van der Waals surface area (Å²) in [6.07, 6.45) is -4.11. The molecule has 4 N–H and O–H groups in total. The number of cyclic esters (lactones) is 1. The fourth-order valence-corrected chi connectivity index (χ4v) is 2.26. The molecule has 0 radical (unpaired) electrons. The second-order valence-corrected chi connectivity index (χ2v) is 4.98. The van der Waals surface area contributed by atoms with Crippen LogP contribution < -0.4 is 0 Å². The lowest BCUT2D eigenvalue weighted by Crippen LogP contribution is -2.34. The average molecular weight is 323 g/mol. The van der Waals surface area contributed by atoms with E-state index in [9.17, 15) is 24.9 Å². The lowest BCUT2D eigenvalue weighted by Gasteiger charge is -2.18. The van der Waals surface area contributed by atoms with Crippen molar-refractivity contribution in [2.75, 3.05) is 13.2 Å². The van der Waals surface area contributed by atoms with Crippen molar-refractivity contribution in [1.29, 1.82) is 0 Å². The van der Waals surface area contributed by atoms with Crippen LogP contribution in [0.1, 0.15) is 5.56 Å². The summed E-state index contributed by atoms with van der Waals surface area (Å²) in [5.41, 5.74) is 0.322. The quantitative estimate of drug-likeness (QED) is 0.553. The number of amides is 1. The molecular formula is C15H17NO7. The smallest absolute Gasteiger partial charge is 0.412 e. The minimum Gasteiger partial charge on any atom is -0.506 e. The van der Waals surface area contributed by atoms with Gasteiger partial charge in [-0.2, -0.15) is 0 Å². The van der Waals surface area contributed by atoms with Gasteiger partial charge in [0.1, 0.15) is 6.10 Å². The number of rotatable bonds is 6. The van der Waals surface area contributed by atoms with Gasteiger partial charge in [-0.25, -0.2) is 9.59 Å². The Labute approximate surface area is 131 Å². The Morgan fingerprint density at radius 1 is 1.30 bits per heavy atom. The van der Waals surface area contributed by atoms with Gasteiger partial charge in [-0.3, -0.25) is 4.90 Å². The molecule has 0 aromatic heterocycles. The van der Waals surface area contributed by atoms with Gasteiger partial charge >= 0.3 is 12.1 Å². The molecule has 8 nitrogen and oxygen atoms in total. The topological polar surface area (TPSA) is 128 Å². The Morgan fingerprint density at radius 2 is 1.96 bits per heavy atom. The van der Waals surface area contributed by atoms with Crippen LogP contribution >= 0.6 is 0 Å². The monoisotopic (exact) mass is 323 g/mol. The molecule has 0 spiro atoms. The summed E-state index contributed by atoms with van der Waals surface area (Å²) < 4.78 is 4.74. The molecule has 1 amide bonds. The van der Waals surface area contributed by atoms with Crippen LogP contribution in [0.25, 0.3) is 0 Å². The van der Waals surface area contributed by atoms with Gasteiger partial charge in [-0.15, -0.1) is 0 Å². The molecule has 2 atom stereocenters. The van der Waals surface area contributed by atoms with Gasteiger partial charge in [-0.1, -0.05) is 30.3 Å². The third-order valence-corrected chi connectivity index (χ3v) is 3.44. The summed E-state index contributed by atoms with van der Waals surface area (Å²) >= 11 is 0. The number of carbonyl (C=O) groups excluding carboxylic acids is 1. The zero-order chi connectivity index (χ0) is 17.0. The first-order valence-corrected chi connectivity index (χ1v) is 6.93. The molecule has 2 unspecified atom stereocenters. The van der Waals surface area contributed by atoms with Crippen molar-refractivity contribution in [3.63, 3.8) is 0 Å². The van der Waals surface area contributed by atoms with E-state index in [2.05, 4.69) is 0 Å². The van der Waals surface area contributed by atoms with Crippen molar-refractivity contribution in [2.24, 2.45) is 0 Å². The summed E-state index contributed by atoms with van der Waals surface area (Å²) in [7, 11) is 0. The maximum atomic E-state index is 11.8. The van der Waals surface area contributed by atoms with Gasteiger partial charge < -0.3 is 25.2 Å². The van der Waals surface area contributed by atoms with E-state index in [0.29, 0.717) is 11.3 Å². The fourth-order valence-electron chi connectivity index (χ4n) is 2.26. The zero-order valence-corrected chi connectivity index (χ0v) is 12.1. The highest BCUT2D eigenvalue weighted by atomic mass is 16.6. The average Bonchev–Trinajstić information content (AvgIpc) is 2.83. The second-order valence-electron chi connectivity index (χ2n) is 4.98. The van der Waals surface area contributed by atoms with Crippen molar-refractivity contribution in [1.82, 2.24) is 4.90 Å². The highest BCUT2D eigenvalue weighted by Gasteiger charge is 2.42. The van der Waals surface area contributed by atoms with Gasteiger partial charge in [0.05, 0.1) is 6.61 Å². The van der Waals surface area contributed by atoms with Crippen molar-refractivity contribution >= 4 is 12.1 Å². The molecule has 124 valence electrons. The summed E-state index contributed by atoms with van der Waals surface area (Å²) in [5, 5.41) is 37.7. The van der Waals surface area contributed by atoms with Gasteiger partial charge in [0.25, 0.3) is 0 Å². The largest absolute Gasteiger partial charge is 0.506 e. The number of esters is 1. The lowest BCUT2D eigenvalue weighted by atomic mass is 10.1. The zero-order valence-electron chi connectivity index (χ0n) is 12.1. The number of aliphatic hydroxyl groups is 3. The predicted octanol–water partition coefficient (Wildman–Crippen LogP) is 0.257. The third kappa shape index (κ3) is 3.61. The Balaban J connectivity index is 2.21. The fraction of sp³-hybridized carbons (Fsp3) is 0.333. The Bertz CT molecular complexity index is 614. The van der Waals surface area contributed by atoms with Crippen LogP contribution in [-0.4, -0.2) is 62.7 Å². The van der Waals surface area contributed by atoms with E-state index >= 15 is 0 Å². The molecule has 8 heteroatoms. The molecule has 0 saturated carbocycles. The van der Waals surface area contributed by atoms with E-state index in [1.165, 1.54) is 0 Å². The predicted molar refractivity (Wildman–Crippen MR) is 77.5 cm³/mol. The van der Waals surface area contributed by atoms with Crippen LogP contribution in [0.15, 0.2) is 41.8 Å². The number of carbonyl (C=O) groups is 2. The van der Waals surface area contributed by atoms with Crippen molar-refractivity contribution in [3.8, 4) is 0 Å². The molecule has 0 bridgehead atoms. The summed E-state index contributed by atoms with van der Waals surface area (Å²) in [6, 6.07) is 9.03. The number of hydrogen-bond donors (Lipinski definition) is 4. The SMILES string of the molecule is O=C1OC(C(O)CO)C(O)=C1N(CCc1ccccc1)C(=O)O.